The third kappa shape index (κ3) is 8.65. The number of hydrogen-bond donors (Lipinski definition) is 3. The molecule has 0 radical (unpaired) electrons. The van der Waals surface area contributed by atoms with E-state index in [9.17, 15) is 24.5 Å². The highest BCUT2D eigenvalue weighted by molar-refractivity contribution is 8.00. The number of rotatable bonds is 12. The number of carbonyl (C=O) groups excluding carboxylic acids is 3. The molecule has 0 spiro atoms. The van der Waals surface area contributed by atoms with E-state index in [2.05, 4.69) is 16.0 Å². The summed E-state index contributed by atoms with van der Waals surface area (Å²) in [4.78, 5) is 51.2. The number of benzene rings is 4. The van der Waals surface area contributed by atoms with Crippen LogP contribution in [0.1, 0.15) is 22.8 Å². The first-order valence-corrected chi connectivity index (χ1v) is 15.0. The van der Waals surface area contributed by atoms with Crippen molar-refractivity contribution in [1.82, 2.24) is 5.32 Å². The molecule has 46 heavy (non-hydrogen) atoms. The van der Waals surface area contributed by atoms with Crippen molar-refractivity contribution in [3.05, 3.63) is 123 Å². The Labute approximate surface area is 274 Å². The number of ether oxygens (including phenoxy) is 2. The third-order valence-corrected chi connectivity index (χ3v) is 7.86. The minimum atomic E-state index is -0.709. The molecule has 1 atom stereocenters. The lowest BCUT2D eigenvalue weighted by molar-refractivity contribution is -0.385. The van der Waals surface area contributed by atoms with Crippen molar-refractivity contribution in [2.75, 3.05) is 24.9 Å². The number of methoxy groups -OCH3 is 2. The van der Waals surface area contributed by atoms with Crippen LogP contribution in [-0.4, -0.2) is 42.1 Å². The maximum atomic E-state index is 13.5. The summed E-state index contributed by atoms with van der Waals surface area (Å²) in [6.07, 6.45) is 1.25. The van der Waals surface area contributed by atoms with E-state index in [1.807, 2.05) is 0 Å². The van der Waals surface area contributed by atoms with E-state index < -0.39 is 22.0 Å². The largest absolute Gasteiger partial charge is 0.495 e. The first-order valence-electron chi connectivity index (χ1n) is 13.7. The summed E-state index contributed by atoms with van der Waals surface area (Å²) >= 11 is 7.47. The number of nitrogens with one attached hydrogen (secondary N) is 3. The molecule has 4 aromatic carbocycles. The average molecular weight is 661 g/mol. The van der Waals surface area contributed by atoms with Crippen LogP contribution in [0.4, 0.5) is 17.1 Å². The lowest BCUT2D eigenvalue weighted by Crippen LogP contribution is -2.30. The van der Waals surface area contributed by atoms with Crippen molar-refractivity contribution < 1.29 is 28.8 Å². The Bertz CT molecular complexity index is 1800. The maximum Gasteiger partial charge on any atom is 0.276 e. The molecule has 3 amide bonds. The van der Waals surface area contributed by atoms with Crippen LogP contribution in [0.15, 0.2) is 102 Å². The van der Waals surface area contributed by atoms with Crippen molar-refractivity contribution in [2.45, 2.75) is 17.1 Å². The van der Waals surface area contributed by atoms with Gasteiger partial charge < -0.3 is 25.4 Å². The highest BCUT2D eigenvalue weighted by Crippen LogP contribution is 2.36. The zero-order valence-corrected chi connectivity index (χ0v) is 26.5. The number of anilines is 2. The lowest BCUT2D eigenvalue weighted by atomic mass is 10.1. The molecule has 1 unspecified atom stereocenters. The number of carbonyl (C=O) groups is 3. The fourth-order valence-corrected chi connectivity index (χ4v) is 5.34. The van der Waals surface area contributed by atoms with Gasteiger partial charge in [-0.05, 0) is 55.5 Å². The number of halogens is 1. The fourth-order valence-electron chi connectivity index (χ4n) is 4.17. The first-order chi connectivity index (χ1) is 22.1. The van der Waals surface area contributed by atoms with E-state index in [-0.39, 0.29) is 22.9 Å². The van der Waals surface area contributed by atoms with Crippen molar-refractivity contribution in [3.8, 4) is 11.5 Å². The van der Waals surface area contributed by atoms with Gasteiger partial charge in [0.15, 0.2) is 0 Å². The number of amides is 3. The van der Waals surface area contributed by atoms with E-state index >= 15 is 0 Å². The molecule has 0 aliphatic rings. The average Bonchev–Trinajstić information content (AvgIpc) is 3.05. The zero-order chi connectivity index (χ0) is 33.2. The smallest absolute Gasteiger partial charge is 0.276 e. The van der Waals surface area contributed by atoms with Crippen LogP contribution in [0.3, 0.4) is 0 Å². The molecule has 236 valence electrons. The number of hydrogen-bond acceptors (Lipinski definition) is 8. The van der Waals surface area contributed by atoms with E-state index in [4.69, 9.17) is 21.1 Å². The van der Waals surface area contributed by atoms with Gasteiger partial charge in [-0.15, -0.1) is 11.8 Å². The molecular weight excluding hydrogens is 632 g/mol. The SMILES string of the molecule is COc1cc(OC)c(NC(=O)C(C)Sc2cccc(NC(=O)/C(=C\c3ccccc3[N+](=O)[O-])NC(=O)c3ccccc3)c2)cc1Cl. The van der Waals surface area contributed by atoms with Gasteiger partial charge in [-0.1, -0.05) is 48.0 Å². The molecule has 0 heterocycles. The van der Waals surface area contributed by atoms with Crippen LogP contribution in [0.2, 0.25) is 5.02 Å². The Morgan fingerprint density at radius 3 is 2.28 bits per heavy atom. The molecule has 4 rings (SSSR count). The summed E-state index contributed by atoms with van der Waals surface area (Å²) in [6.45, 7) is 1.72. The van der Waals surface area contributed by atoms with Gasteiger partial charge in [0.2, 0.25) is 5.91 Å². The Hall–Kier alpha value is -5.33. The van der Waals surface area contributed by atoms with Crippen molar-refractivity contribution in [3.63, 3.8) is 0 Å². The van der Waals surface area contributed by atoms with E-state index in [1.165, 1.54) is 56.3 Å². The number of nitrogens with zero attached hydrogens (tertiary/aromatic N) is 1. The highest BCUT2D eigenvalue weighted by Gasteiger charge is 2.20. The Kier molecular flexibility index (Phi) is 11.4. The zero-order valence-electron chi connectivity index (χ0n) is 24.9. The summed E-state index contributed by atoms with van der Waals surface area (Å²) < 4.78 is 10.6. The molecule has 11 nitrogen and oxygen atoms in total. The second-order valence-electron chi connectivity index (χ2n) is 9.61. The summed E-state index contributed by atoms with van der Waals surface area (Å²) in [5.41, 5.74) is 0.729. The Morgan fingerprint density at radius 2 is 1.59 bits per heavy atom. The van der Waals surface area contributed by atoms with Gasteiger partial charge in [0.05, 0.1) is 40.7 Å². The molecule has 0 aliphatic carbocycles. The molecule has 0 bridgehead atoms. The van der Waals surface area contributed by atoms with Crippen LogP contribution in [0, 0.1) is 10.1 Å². The molecule has 13 heteroatoms. The van der Waals surface area contributed by atoms with E-state index in [0.29, 0.717) is 38.4 Å². The minimum absolute atomic E-state index is 0.130. The van der Waals surface area contributed by atoms with Crippen LogP contribution >= 0.6 is 23.4 Å². The number of thioether (sulfide) groups is 1. The molecule has 0 fully saturated rings. The third-order valence-electron chi connectivity index (χ3n) is 6.47. The topological polar surface area (TPSA) is 149 Å². The van der Waals surface area contributed by atoms with Crippen LogP contribution in [-0.2, 0) is 9.59 Å². The van der Waals surface area contributed by atoms with Crippen molar-refractivity contribution in [1.29, 1.82) is 0 Å². The van der Waals surface area contributed by atoms with Crippen LogP contribution in [0.25, 0.3) is 6.08 Å². The van der Waals surface area contributed by atoms with Gasteiger partial charge in [0.1, 0.15) is 17.2 Å². The predicted molar refractivity (Wildman–Crippen MR) is 179 cm³/mol. The van der Waals surface area contributed by atoms with Gasteiger partial charge in [-0.2, -0.15) is 0 Å². The maximum absolute atomic E-state index is 13.5. The molecule has 0 aromatic heterocycles. The molecule has 0 saturated heterocycles. The first kappa shape index (κ1) is 33.6. The number of nitro groups is 1. The normalized spacial score (nSPS) is 11.6. The summed E-state index contributed by atoms with van der Waals surface area (Å²) in [7, 11) is 2.94. The quantitative estimate of drug-likeness (QED) is 0.0651. The lowest BCUT2D eigenvalue weighted by Gasteiger charge is -2.16. The van der Waals surface area contributed by atoms with Crippen molar-refractivity contribution in [2.24, 2.45) is 0 Å². The second-order valence-corrected chi connectivity index (χ2v) is 11.4. The molecule has 0 aliphatic heterocycles. The van der Waals surface area contributed by atoms with E-state index in [1.54, 1.807) is 73.7 Å². The number of para-hydroxylation sites is 1. The summed E-state index contributed by atoms with van der Waals surface area (Å²) in [6, 6.07) is 24.0. The molecular formula is C33H29ClN4O7S. The van der Waals surface area contributed by atoms with Crippen LogP contribution < -0.4 is 25.4 Å². The van der Waals surface area contributed by atoms with E-state index in [0.717, 1.165) is 0 Å². The molecule has 0 saturated carbocycles. The predicted octanol–water partition coefficient (Wildman–Crippen LogP) is 6.79. The summed E-state index contributed by atoms with van der Waals surface area (Å²) in [5, 5.41) is 19.4. The molecule has 4 aromatic rings. The standard InChI is InChI=1S/C33H29ClN4O7S/c1-20(31(39)36-26-18-25(34)29(44-2)19-30(26)45-3)46-24-14-9-13-23(17-24)35-33(41)27(37-32(40)21-10-5-4-6-11-21)16-22-12-7-8-15-28(22)38(42)43/h4-20H,1-3H3,(H,35,41)(H,36,39)(H,37,40)/b27-16+. The number of nitro benzene ring substituents is 1. The fraction of sp³-hybridized carbons (Fsp3) is 0.121. The van der Waals surface area contributed by atoms with Gasteiger partial charge in [0, 0.05) is 28.3 Å². The monoisotopic (exact) mass is 660 g/mol. The van der Waals surface area contributed by atoms with Gasteiger partial charge >= 0.3 is 0 Å². The Morgan fingerprint density at radius 1 is 0.891 bits per heavy atom. The minimum Gasteiger partial charge on any atom is -0.495 e. The second kappa shape index (κ2) is 15.6. The Balaban J connectivity index is 1.52. The summed E-state index contributed by atoms with van der Waals surface area (Å²) in [5.74, 6) is -0.825. The van der Waals surface area contributed by atoms with Gasteiger partial charge in [0.25, 0.3) is 17.5 Å². The molecule has 3 N–H and O–H groups in total. The van der Waals surface area contributed by atoms with Gasteiger partial charge in [-0.25, -0.2) is 0 Å². The van der Waals surface area contributed by atoms with Gasteiger partial charge in [-0.3, -0.25) is 24.5 Å². The van der Waals surface area contributed by atoms with Crippen LogP contribution in [0.5, 0.6) is 11.5 Å². The highest BCUT2D eigenvalue weighted by atomic mass is 35.5. The van der Waals surface area contributed by atoms with Crippen molar-refractivity contribution >= 4 is 64.2 Å².